The van der Waals surface area contributed by atoms with Crippen LogP contribution in [0.3, 0.4) is 0 Å². The first-order valence-corrected chi connectivity index (χ1v) is 10.1. The van der Waals surface area contributed by atoms with Gasteiger partial charge in [-0.25, -0.2) is 9.59 Å². The van der Waals surface area contributed by atoms with Crippen LogP contribution in [-0.2, 0) is 22.6 Å². The van der Waals surface area contributed by atoms with Crippen LogP contribution in [0.5, 0.6) is 0 Å². The highest BCUT2D eigenvalue weighted by Gasteiger charge is 2.29. The molecule has 0 radical (unpaired) electrons. The highest BCUT2D eigenvalue weighted by molar-refractivity contribution is 5.81. The number of benzene rings is 3. The molecule has 3 aromatic rings. The van der Waals surface area contributed by atoms with Crippen molar-refractivity contribution >= 4 is 12.1 Å². The Morgan fingerprint density at radius 3 is 1.97 bits per heavy atom. The third kappa shape index (κ3) is 4.44. The minimum Gasteiger partial charge on any atom is -0.480 e. The normalized spacial score (nSPS) is 13.2. The van der Waals surface area contributed by atoms with Gasteiger partial charge in [-0.05, 0) is 33.4 Å². The van der Waals surface area contributed by atoms with Crippen LogP contribution in [0.25, 0.3) is 11.1 Å². The topological polar surface area (TPSA) is 95.9 Å². The van der Waals surface area contributed by atoms with Crippen molar-refractivity contribution in [2.45, 2.75) is 25.0 Å². The lowest BCUT2D eigenvalue weighted by Gasteiger charge is -2.17. The van der Waals surface area contributed by atoms with Crippen LogP contribution in [0.2, 0.25) is 0 Å². The fraction of sp³-hybridized carbons (Fsp3) is 0.200. The van der Waals surface area contributed by atoms with E-state index in [4.69, 9.17) is 9.84 Å². The number of carboxylic acids is 1. The van der Waals surface area contributed by atoms with E-state index >= 15 is 0 Å². The maximum atomic E-state index is 12.4. The van der Waals surface area contributed by atoms with E-state index in [0.29, 0.717) is 0 Å². The summed E-state index contributed by atoms with van der Waals surface area (Å²) in [6, 6.07) is 21.8. The number of hydrogen-bond donors (Lipinski definition) is 3. The number of ether oxygens (including phenoxy) is 1. The van der Waals surface area contributed by atoms with Crippen molar-refractivity contribution in [2.75, 3.05) is 6.61 Å². The largest absolute Gasteiger partial charge is 0.480 e. The first-order chi connectivity index (χ1) is 15.1. The Morgan fingerprint density at radius 1 is 0.871 bits per heavy atom. The summed E-state index contributed by atoms with van der Waals surface area (Å²) in [6.45, 7) is 0.0397. The molecule has 0 spiro atoms. The van der Waals surface area contributed by atoms with Crippen molar-refractivity contribution in [3.63, 3.8) is 0 Å². The van der Waals surface area contributed by atoms with Gasteiger partial charge in [0.15, 0.2) is 0 Å². The van der Waals surface area contributed by atoms with Crippen LogP contribution in [-0.4, -0.2) is 34.9 Å². The Bertz CT molecular complexity index is 1050. The molecule has 1 aliphatic rings. The molecule has 1 aliphatic carbocycles. The summed E-state index contributed by atoms with van der Waals surface area (Å²) < 4.78 is 5.45. The summed E-state index contributed by atoms with van der Waals surface area (Å²) in [6.07, 6.45) is -0.646. The Hall–Kier alpha value is -3.64. The molecule has 1 atom stereocenters. The standard InChI is InChI=1S/C25H23NO5/c27-14-17-11-9-16(10-12-17)13-23(24(28)29)26-25(30)31-15-22-20-7-3-1-5-18(20)19-6-2-4-8-21(19)22/h1-12,22-23,27H,13-15H2,(H,26,30)(H,28,29). The molecule has 0 aromatic heterocycles. The maximum absolute atomic E-state index is 12.4. The number of aliphatic hydroxyl groups excluding tert-OH is 1. The number of amides is 1. The van der Waals surface area contributed by atoms with Crippen molar-refractivity contribution in [1.82, 2.24) is 5.32 Å². The molecule has 0 aliphatic heterocycles. The molecule has 0 saturated carbocycles. The number of carboxylic acid groups (broad SMARTS) is 1. The van der Waals surface area contributed by atoms with Gasteiger partial charge in [-0.3, -0.25) is 0 Å². The Morgan fingerprint density at radius 2 is 1.42 bits per heavy atom. The lowest BCUT2D eigenvalue weighted by Crippen LogP contribution is -2.42. The average molecular weight is 417 g/mol. The highest BCUT2D eigenvalue weighted by atomic mass is 16.5. The molecule has 0 heterocycles. The number of rotatable bonds is 7. The predicted molar refractivity (Wildman–Crippen MR) is 116 cm³/mol. The number of aliphatic carboxylic acids is 1. The molecular formula is C25H23NO5. The van der Waals surface area contributed by atoms with Crippen molar-refractivity contribution in [3.05, 3.63) is 95.1 Å². The summed E-state index contributed by atoms with van der Waals surface area (Å²) in [5.41, 5.74) is 5.91. The van der Waals surface area contributed by atoms with Gasteiger partial charge in [0.1, 0.15) is 12.6 Å². The summed E-state index contributed by atoms with van der Waals surface area (Å²) in [4.78, 5) is 24.0. The number of carbonyl (C=O) groups is 2. The van der Waals surface area contributed by atoms with Gasteiger partial charge in [0.2, 0.25) is 0 Å². The van der Waals surface area contributed by atoms with E-state index in [9.17, 15) is 14.7 Å². The van der Waals surface area contributed by atoms with E-state index in [1.54, 1.807) is 24.3 Å². The van der Waals surface area contributed by atoms with Crippen molar-refractivity contribution in [3.8, 4) is 11.1 Å². The number of nitrogens with one attached hydrogen (secondary N) is 1. The van der Waals surface area contributed by atoms with E-state index < -0.39 is 18.1 Å². The fourth-order valence-corrected chi connectivity index (χ4v) is 4.00. The molecule has 1 unspecified atom stereocenters. The van der Waals surface area contributed by atoms with Gasteiger partial charge >= 0.3 is 12.1 Å². The van der Waals surface area contributed by atoms with Gasteiger partial charge in [-0.1, -0.05) is 72.8 Å². The zero-order valence-electron chi connectivity index (χ0n) is 16.8. The monoisotopic (exact) mass is 417 g/mol. The summed E-state index contributed by atoms with van der Waals surface area (Å²) in [5.74, 6) is -1.23. The molecule has 3 aromatic carbocycles. The first kappa shape index (κ1) is 20.6. The van der Waals surface area contributed by atoms with Gasteiger partial charge < -0.3 is 20.3 Å². The molecule has 0 saturated heterocycles. The molecule has 1 amide bonds. The first-order valence-electron chi connectivity index (χ1n) is 10.1. The Labute approximate surface area is 180 Å². The van der Waals surface area contributed by atoms with Crippen LogP contribution in [0, 0.1) is 0 Å². The van der Waals surface area contributed by atoms with Gasteiger partial charge in [0.25, 0.3) is 0 Å². The second-order valence-electron chi connectivity index (χ2n) is 7.54. The zero-order valence-corrected chi connectivity index (χ0v) is 16.8. The van der Waals surface area contributed by atoms with E-state index in [1.807, 2.05) is 36.4 Å². The SMILES string of the molecule is O=C(NC(Cc1ccc(CO)cc1)C(=O)O)OCC1c2ccccc2-c2ccccc21. The van der Waals surface area contributed by atoms with Crippen molar-refractivity contribution in [2.24, 2.45) is 0 Å². The molecule has 6 heteroatoms. The summed E-state index contributed by atoms with van der Waals surface area (Å²) in [7, 11) is 0. The fourth-order valence-electron chi connectivity index (χ4n) is 4.00. The molecule has 4 rings (SSSR count). The third-order valence-corrected chi connectivity index (χ3v) is 5.58. The number of alkyl carbamates (subject to hydrolysis) is 1. The van der Waals surface area contributed by atoms with Gasteiger partial charge in [-0.2, -0.15) is 0 Å². The quantitative estimate of drug-likeness (QED) is 0.545. The van der Waals surface area contributed by atoms with E-state index in [1.165, 1.54) is 0 Å². The molecule has 3 N–H and O–H groups in total. The van der Waals surface area contributed by atoms with Gasteiger partial charge in [-0.15, -0.1) is 0 Å². The predicted octanol–water partition coefficient (Wildman–Crippen LogP) is 3.71. The van der Waals surface area contributed by atoms with E-state index in [-0.39, 0.29) is 25.6 Å². The average Bonchev–Trinajstić information content (AvgIpc) is 3.11. The number of carbonyl (C=O) groups excluding carboxylic acids is 1. The van der Waals surface area contributed by atoms with Crippen molar-refractivity contribution < 1.29 is 24.5 Å². The number of aliphatic hydroxyl groups is 1. The van der Waals surface area contributed by atoms with Crippen molar-refractivity contribution in [1.29, 1.82) is 0 Å². The minimum absolute atomic E-state index is 0.0827. The third-order valence-electron chi connectivity index (χ3n) is 5.58. The van der Waals surface area contributed by atoms with Crippen LogP contribution in [0.4, 0.5) is 4.79 Å². The highest BCUT2D eigenvalue weighted by Crippen LogP contribution is 2.44. The lowest BCUT2D eigenvalue weighted by atomic mass is 9.98. The Balaban J connectivity index is 1.41. The van der Waals surface area contributed by atoms with Crippen LogP contribution in [0.1, 0.15) is 28.2 Å². The molecule has 158 valence electrons. The molecule has 0 bridgehead atoms. The van der Waals surface area contributed by atoms with E-state index in [0.717, 1.165) is 33.4 Å². The number of fused-ring (bicyclic) bond motifs is 3. The second kappa shape index (κ2) is 9.02. The summed E-state index contributed by atoms with van der Waals surface area (Å²) >= 11 is 0. The zero-order chi connectivity index (χ0) is 21.8. The van der Waals surface area contributed by atoms with Gasteiger partial charge in [0.05, 0.1) is 6.61 Å². The van der Waals surface area contributed by atoms with Gasteiger partial charge in [0, 0.05) is 12.3 Å². The van der Waals surface area contributed by atoms with Crippen LogP contribution >= 0.6 is 0 Å². The Kier molecular flexibility index (Phi) is 6.00. The molecular weight excluding hydrogens is 394 g/mol. The molecule has 0 fully saturated rings. The lowest BCUT2D eigenvalue weighted by molar-refractivity contribution is -0.139. The minimum atomic E-state index is -1.14. The number of hydrogen-bond acceptors (Lipinski definition) is 4. The maximum Gasteiger partial charge on any atom is 0.407 e. The molecule has 6 nitrogen and oxygen atoms in total. The van der Waals surface area contributed by atoms with Crippen LogP contribution in [0.15, 0.2) is 72.8 Å². The molecule has 31 heavy (non-hydrogen) atoms. The summed E-state index contributed by atoms with van der Waals surface area (Å²) in [5, 5.41) is 21.1. The van der Waals surface area contributed by atoms with Crippen LogP contribution < -0.4 is 5.32 Å². The van der Waals surface area contributed by atoms with E-state index in [2.05, 4.69) is 17.4 Å². The second-order valence-corrected chi connectivity index (χ2v) is 7.54. The smallest absolute Gasteiger partial charge is 0.407 e.